The van der Waals surface area contributed by atoms with E-state index in [0.29, 0.717) is 6.42 Å². The van der Waals surface area contributed by atoms with Crippen LogP contribution in [0.1, 0.15) is 40.5 Å². The fourth-order valence-corrected chi connectivity index (χ4v) is 3.85. The highest BCUT2D eigenvalue weighted by Gasteiger charge is 2.63. The molecule has 0 unspecified atom stereocenters. The molecule has 3 aliphatic rings. The minimum Gasteiger partial charge on any atom is -0.455 e. The van der Waals surface area contributed by atoms with E-state index in [0.717, 1.165) is 17.6 Å². The summed E-state index contributed by atoms with van der Waals surface area (Å²) in [6.07, 6.45) is 1.88. The molecule has 2 aliphatic heterocycles. The molecule has 2 fully saturated rings. The van der Waals surface area contributed by atoms with Gasteiger partial charge < -0.3 is 19.3 Å². The quantitative estimate of drug-likeness (QED) is 0.351. The summed E-state index contributed by atoms with van der Waals surface area (Å²) < 4.78 is 16.8. The molecule has 2 saturated heterocycles. The lowest BCUT2D eigenvalue weighted by Crippen LogP contribution is -2.44. The molecule has 26 heavy (non-hydrogen) atoms. The molecule has 0 aromatic heterocycles. The van der Waals surface area contributed by atoms with Crippen LogP contribution in [-0.2, 0) is 23.8 Å². The average molecular weight is 362 g/mol. The maximum atomic E-state index is 12.1. The topological polar surface area (TPSA) is 85.4 Å². The van der Waals surface area contributed by atoms with Crippen molar-refractivity contribution in [1.29, 1.82) is 0 Å². The van der Waals surface area contributed by atoms with Crippen molar-refractivity contribution in [3.05, 3.63) is 35.5 Å². The van der Waals surface area contributed by atoms with Crippen molar-refractivity contribution in [2.75, 3.05) is 0 Å². The second kappa shape index (κ2) is 6.67. The number of ether oxygens (including phenoxy) is 3. The smallest absolute Gasteiger partial charge is 0.334 e. The summed E-state index contributed by atoms with van der Waals surface area (Å²) in [5, 5.41) is 11.0. The first kappa shape index (κ1) is 18.9. The number of allylic oxidation sites excluding steroid dienone is 2. The molecule has 2 heterocycles. The molecule has 0 aromatic rings. The number of hydrogen-bond acceptors (Lipinski definition) is 6. The molecule has 0 bridgehead atoms. The number of fused-ring (bicyclic) bond motifs is 3. The van der Waals surface area contributed by atoms with Gasteiger partial charge in [-0.2, -0.15) is 0 Å². The second-order valence-corrected chi connectivity index (χ2v) is 7.83. The number of hydrogen-bond donors (Lipinski definition) is 1. The zero-order chi connectivity index (χ0) is 19.2. The summed E-state index contributed by atoms with van der Waals surface area (Å²) in [6, 6.07) is 0. The number of aliphatic hydroxyl groups excluding tert-OH is 1. The van der Waals surface area contributed by atoms with Gasteiger partial charge in [-0.1, -0.05) is 18.2 Å². The molecule has 1 N–H and O–H groups in total. The van der Waals surface area contributed by atoms with Crippen molar-refractivity contribution >= 4 is 11.9 Å². The third kappa shape index (κ3) is 3.35. The highest BCUT2D eigenvalue weighted by atomic mass is 16.6. The number of aliphatic hydroxyl groups is 1. The first-order valence-corrected chi connectivity index (χ1v) is 8.92. The summed E-state index contributed by atoms with van der Waals surface area (Å²) in [5.74, 6) is -1.74. The summed E-state index contributed by atoms with van der Waals surface area (Å²) >= 11 is 0. The van der Waals surface area contributed by atoms with Gasteiger partial charge in [0.1, 0.15) is 24.4 Å². The zero-order valence-corrected chi connectivity index (χ0v) is 15.7. The van der Waals surface area contributed by atoms with E-state index in [2.05, 4.69) is 6.58 Å². The Balaban J connectivity index is 1.94. The van der Waals surface area contributed by atoms with Crippen LogP contribution in [0.25, 0.3) is 0 Å². The van der Waals surface area contributed by atoms with Crippen molar-refractivity contribution < 1.29 is 28.9 Å². The molecule has 0 radical (unpaired) electrons. The molecule has 3 rings (SSSR count). The van der Waals surface area contributed by atoms with E-state index in [1.54, 1.807) is 13.8 Å². The Hall–Kier alpha value is -1.92. The van der Waals surface area contributed by atoms with E-state index in [1.165, 1.54) is 6.08 Å². The molecular weight excluding hydrogens is 336 g/mol. The fraction of sp³-hybridized carbons (Fsp3) is 0.600. The van der Waals surface area contributed by atoms with Gasteiger partial charge in [0, 0.05) is 11.6 Å². The summed E-state index contributed by atoms with van der Waals surface area (Å²) in [4.78, 5) is 24.2. The molecule has 6 nitrogen and oxygen atoms in total. The molecular formula is C20H26O6. The number of carbonyl (C=O) groups excluding carboxylic acids is 2. The SMILES string of the molecule is C=C1C(=O)O[C@@H]2[C@H]1[C@@H](O)[C@H](OC(=O)C=C(C)C)/C(C)=C/CC[C@]1(C)O[C@@H]21. The number of epoxide rings is 1. The summed E-state index contributed by atoms with van der Waals surface area (Å²) in [6.45, 7) is 11.2. The zero-order valence-electron chi connectivity index (χ0n) is 15.7. The maximum absolute atomic E-state index is 12.1. The lowest BCUT2D eigenvalue weighted by atomic mass is 9.81. The predicted molar refractivity (Wildman–Crippen MR) is 94.1 cm³/mol. The van der Waals surface area contributed by atoms with E-state index in [-0.39, 0.29) is 17.3 Å². The largest absolute Gasteiger partial charge is 0.455 e. The van der Waals surface area contributed by atoms with Crippen LogP contribution in [0.4, 0.5) is 0 Å². The number of carbonyl (C=O) groups is 2. The van der Waals surface area contributed by atoms with E-state index in [9.17, 15) is 14.7 Å². The van der Waals surface area contributed by atoms with Gasteiger partial charge in [-0.15, -0.1) is 0 Å². The van der Waals surface area contributed by atoms with Crippen molar-refractivity contribution in [3.63, 3.8) is 0 Å². The third-order valence-corrected chi connectivity index (χ3v) is 5.38. The van der Waals surface area contributed by atoms with Crippen LogP contribution in [0.5, 0.6) is 0 Å². The first-order chi connectivity index (χ1) is 12.1. The lowest BCUT2D eigenvalue weighted by Gasteiger charge is -2.30. The molecule has 0 aromatic carbocycles. The summed E-state index contributed by atoms with van der Waals surface area (Å²) in [5.41, 5.74) is 1.35. The Kier molecular flexibility index (Phi) is 4.84. The van der Waals surface area contributed by atoms with Crippen LogP contribution in [0, 0.1) is 5.92 Å². The van der Waals surface area contributed by atoms with Gasteiger partial charge in [0.25, 0.3) is 0 Å². The monoisotopic (exact) mass is 362 g/mol. The molecule has 0 spiro atoms. The normalized spacial score (nSPS) is 41.1. The van der Waals surface area contributed by atoms with Crippen LogP contribution in [0.3, 0.4) is 0 Å². The minimum atomic E-state index is -1.14. The molecule has 1 aliphatic carbocycles. The Morgan fingerprint density at radius 3 is 2.81 bits per heavy atom. The average Bonchev–Trinajstić information content (AvgIpc) is 3.11. The van der Waals surface area contributed by atoms with Crippen LogP contribution in [-0.4, -0.2) is 47.1 Å². The van der Waals surface area contributed by atoms with Crippen LogP contribution in [0.2, 0.25) is 0 Å². The molecule has 142 valence electrons. The van der Waals surface area contributed by atoms with Crippen molar-refractivity contribution in [1.82, 2.24) is 0 Å². The Morgan fingerprint density at radius 1 is 1.46 bits per heavy atom. The fourth-order valence-electron chi connectivity index (χ4n) is 3.85. The van der Waals surface area contributed by atoms with Gasteiger partial charge >= 0.3 is 11.9 Å². The van der Waals surface area contributed by atoms with Crippen LogP contribution in [0.15, 0.2) is 35.5 Å². The number of esters is 2. The van der Waals surface area contributed by atoms with Gasteiger partial charge in [0.05, 0.1) is 11.5 Å². The molecule has 6 heteroatoms. The Morgan fingerprint density at radius 2 is 2.15 bits per heavy atom. The second-order valence-electron chi connectivity index (χ2n) is 7.83. The van der Waals surface area contributed by atoms with Crippen LogP contribution >= 0.6 is 0 Å². The molecule has 6 atom stereocenters. The standard InChI is InChI=1S/C20H26O6/c1-10(2)9-13(21)24-16-11(3)7-6-8-20(5)18(26-20)17-14(15(16)22)12(4)19(23)25-17/h7,9,14-18,22H,4,6,8H2,1-3,5H3/b11-7+/t14-,15-,16-,17-,18+,20+/m1/s1. The van der Waals surface area contributed by atoms with E-state index < -0.39 is 36.2 Å². The third-order valence-electron chi connectivity index (χ3n) is 5.38. The van der Waals surface area contributed by atoms with Crippen LogP contribution < -0.4 is 0 Å². The minimum absolute atomic E-state index is 0.192. The number of rotatable bonds is 2. The highest BCUT2D eigenvalue weighted by molar-refractivity contribution is 5.91. The van der Waals surface area contributed by atoms with Gasteiger partial charge in [-0.25, -0.2) is 9.59 Å². The predicted octanol–water partition coefficient (Wildman–Crippen LogP) is 2.22. The van der Waals surface area contributed by atoms with E-state index >= 15 is 0 Å². The van der Waals surface area contributed by atoms with Gasteiger partial charge in [0.2, 0.25) is 0 Å². The Bertz CT molecular complexity index is 701. The van der Waals surface area contributed by atoms with Gasteiger partial charge in [0.15, 0.2) is 0 Å². The lowest BCUT2D eigenvalue weighted by molar-refractivity contribution is -0.150. The van der Waals surface area contributed by atoms with E-state index in [4.69, 9.17) is 14.2 Å². The highest BCUT2D eigenvalue weighted by Crippen LogP contribution is 2.50. The van der Waals surface area contributed by atoms with E-state index in [1.807, 2.05) is 19.9 Å². The van der Waals surface area contributed by atoms with Gasteiger partial charge in [-0.05, 0) is 46.1 Å². The summed E-state index contributed by atoms with van der Waals surface area (Å²) in [7, 11) is 0. The maximum Gasteiger partial charge on any atom is 0.334 e. The first-order valence-electron chi connectivity index (χ1n) is 8.92. The Labute approximate surface area is 153 Å². The van der Waals surface area contributed by atoms with Crippen molar-refractivity contribution in [2.24, 2.45) is 5.92 Å². The van der Waals surface area contributed by atoms with Crippen molar-refractivity contribution in [2.45, 2.75) is 70.6 Å². The van der Waals surface area contributed by atoms with Gasteiger partial charge in [-0.3, -0.25) is 0 Å². The molecule has 0 amide bonds. The van der Waals surface area contributed by atoms with Crippen molar-refractivity contribution in [3.8, 4) is 0 Å². The molecule has 0 saturated carbocycles.